The van der Waals surface area contributed by atoms with E-state index in [0.717, 1.165) is 40.6 Å². The molecular formula is C45H44BN3O2. The average Bonchev–Trinajstić information content (AvgIpc) is 3.41. The van der Waals surface area contributed by atoms with E-state index in [-0.39, 0.29) is 23.7 Å². The standard InChI is InChI=1S/C45H44BN3O2/c1-43(2)44(3,4)51-46(50-43)39-28-26-38(27-29-39)45(30-12-7-13-31-45)37-24-22-36(23-25-37)42-48-40(34-16-10-6-11-17-34)47-41(49-42)35-20-18-33(19-21-35)32-14-8-5-9-15-32/h5-6,8-11,14-29H,7,12-13,30-31H2,1-4H3. The molecule has 6 aromatic rings. The van der Waals surface area contributed by atoms with Crippen molar-refractivity contribution in [3.05, 3.63) is 145 Å². The Bertz CT molecular complexity index is 2090. The molecule has 5 aromatic carbocycles. The maximum atomic E-state index is 6.36. The fourth-order valence-electron chi connectivity index (χ4n) is 7.57. The summed E-state index contributed by atoms with van der Waals surface area (Å²) in [5.41, 5.74) is 8.21. The summed E-state index contributed by atoms with van der Waals surface area (Å²) in [7, 11) is -0.363. The lowest BCUT2D eigenvalue weighted by Gasteiger charge is -2.39. The molecule has 1 aromatic heterocycles. The Morgan fingerprint density at radius 1 is 0.431 bits per heavy atom. The third kappa shape index (κ3) is 6.43. The maximum Gasteiger partial charge on any atom is 0.494 e. The Hall–Kier alpha value is -4.91. The molecule has 1 aliphatic heterocycles. The number of aromatic nitrogens is 3. The molecule has 51 heavy (non-hydrogen) atoms. The van der Waals surface area contributed by atoms with Crippen LogP contribution in [0.3, 0.4) is 0 Å². The molecule has 2 heterocycles. The molecular weight excluding hydrogens is 625 g/mol. The van der Waals surface area contributed by atoms with Crippen molar-refractivity contribution in [1.29, 1.82) is 0 Å². The van der Waals surface area contributed by atoms with E-state index in [1.165, 1.54) is 36.0 Å². The van der Waals surface area contributed by atoms with Crippen LogP contribution in [0.15, 0.2) is 133 Å². The summed E-state index contributed by atoms with van der Waals surface area (Å²) in [5.74, 6) is 1.99. The van der Waals surface area contributed by atoms with Crippen LogP contribution < -0.4 is 5.46 Å². The van der Waals surface area contributed by atoms with Crippen molar-refractivity contribution in [2.75, 3.05) is 0 Å². The van der Waals surface area contributed by atoms with Gasteiger partial charge in [-0.05, 0) is 68.3 Å². The normalized spacial score (nSPS) is 17.7. The minimum Gasteiger partial charge on any atom is -0.399 e. The second-order valence-corrected chi connectivity index (χ2v) is 15.0. The van der Waals surface area contributed by atoms with Crippen LogP contribution >= 0.6 is 0 Å². The molecule has 2 fully saturated rings. The Kier molecular flexibility index (Phi) is 8.69. The number of benzene rings is 5. The van der Waals surface area contributed by atoms with Gasteiger partial charge in [-0.15, -0.1) is 0 Å². The van der Waals surface area contributed by atoms with E-state index in [2.05, 4.69) is 137 Å². The van der Waals surface area contributed by atoms with E-state index in [1.807, 2.05) is 24.3 Å². The number of nitrogens with zero attached hydrogens (tertiary/aromatic N) is 3. The summed E-state index contributed by atoms with van der Waals surface area (Å²) in [5, 5.41) is 0. The summed E-state index contributed by atoms with van der Waals surface area (Å²) >= 11 is 0. The predicted octanol–water partition coefficient (Wildman–Crippen LogP) is 10.1. The summed E-state index contributed by atoms with van der Waals surface area (Å²) in [4.78, 5) is 15.0. The van der Waals surface area contributed by atoms with Gasteiger partial charge in [-0.1, -0.05) is 153 Å². The lowest BCUT2D eigenvalue weighted by molar-refractivity contribution is 0.00578. The Balaban J connectivity index is 1.12. The lowest BCUT2D eigenvalue weighted by Crippen LogP contribution is -2.41. The van der Waals surface area contributed by atoms with Gasteiger partial charge in [-0.3, -0.25) is 0 Å². The first-order valence-corrected chi connectivity index (χ1v) is 18.3. The third-order valence-electron chi connectivity index (χ3n) is 11.3. The molecule has 5 nitrogen and oxygen atoms in total. The van der Waals surface area contributed by atoms with Gasteiger partial charge < -0.3 is 9.31 Å². The smallest absolute Gasteiger partial charge is 0.399 e. The highest BCUT2D eigenvalue weighted by molar-refractivity contribution is 6.62. The van der Waals surface area contributed by atoms with Crippen LogP contribution in [-0.4, -0.2) is 33.3 Å². The zero-order valence-electron chi connectivity index (χ0n) is 30.0. The zero-order chi connectivity index (χ0) is 35.1. The fraction of sp³-hybridized carbons (Fsp3) is 0.267. The Morgan fingerprint density at radius 2 is 0.804 bits per heavy atom. The molecule has 8 rings (SSSR count). The first-order chi connectivity index (χ1) is 24.7. The van der Waals surface area contributed by atoms with Gasteiger partial charge in [-0.25, -0.2) is 15.0 Å². The first kappa shape index (κ1) is 33.3. The van der Waals surface area contributed by atoms with Gasteiger partial charge in [0, 0.05) is 22.1 Å². The van der Waals surface area contributed by atoms with E-state index in [9.17, 15) is 0 Å². The minimum absolute atomic E-state index is 0.0504. The van der Waals surface area contributed by atoms with Gasteiger partial charge in [0.05, 0.1) is 11.2 Å². The average molecular weight is 670 g/mol. The van der Waals surface area contributed by atoms with Crippen LogP contribution in [0, 0.1) is 0 Å². The zero-order valence-corrected chi connectivity index (χ0v) is 30.0. The highest BCUT2D eigenvalue weighted by atomic mass is 16.7. The van der Waals surface area contributed by atoms with Crippen molar-refractivity contribution in [3.63, 3.8) is 0 Å². The molecule has 0 atom stereocenters. The van der Waals surface area contributed by atoms with Crippen LogP contribution in [0.4, 0.5) is 0 Å². The predicted molar refractivity (Wildman–Crippen MR) is 208 cm³/mol. The van der Waals surface area contributed by atoms with Gasteiger partial charge >= 0.3 is 7.12 Å². The molecule has 6 heteroatoms. The highest BCUT2D eigenvalue weighted by Gasteiger charge is 2.51. The molecule has 254 valence electrons. The quantitative estimate of drug-likeness (QED) is 0.158. The summed E-state index contributed by atoms with van der Waals surface area (Å²) < 4.78 is 12.7. The maximum absolute atomic E-state index is 6.36. The van der Waals surface area contributed by atoms with Crippen LogP contribution in [0.25, 0.3) is 45.3 Å². The third-order valence-corrected chi connectivity index (χ3v) is 11.3. The van der Waals surface area contributed by atoms with Gasteiger partial charge in [0.25, 0.3) is 0 Å². The summed E-state index contributed by atoms with van der Waals surface area (Å²) in [6, 6.07) is 47.0. The Labute approximate surface area is 302 Å². The first-order valence-electron chi connectivity index (χ1n) is 18.3. The molecule has 1 saturated heterocycles. The number of hydrogen-bond acceptors (Lipinski definition) is 5. The van der Waals surface area contributed by atoms with E-state index in [1.54, 1.807) is 0 Å². The van der Waals surface area contributed by atoms with Gasteiger partial charge in [0.15, 0.2) is 17.5 Å². The fourth-order valence-corrected chi connectivity index (χ4v) is 7.57. The van der Waals surface area contributed by atoms with E-state index in [4.69, 9.17) is 24.3 Å². The lowest BCUT2D eigenvalue weighted by atomic mass is 9.64. The number of rotatable bonds is 7. The van der Waals surface area contributed by atoms with Gasteiger partial charge in [-0.2, -0.15) is 0 Å². The number of hydrogen-bond donors (Lipinski definition) is 0. The monoisotopic (exact) mass is 669 g/mol. The topological polar surface area (TPSA) is 57.1 Å². The van der Waals surface area contributed by atoms with Crippen LogP contribution in [-0.2, 0) is 14.7 Å². The highest BCUT2D eigenvalue weighted by Crippen LogP contribution is 2.45. The molecule has 1 saturated carbocycles. The van der Waals surface area contributed by atoms with Gasteiger partial charge in [0.1, 0.15) is 0 Å². The largest absolute Gasteiger partial charge is 0.494 e. The molecule has 0 unspecified atom stereocenters. The second kappa shape index (κ2) is 13.3. The van der Waals surface area contributed by atoms with Crippen LogP contribution in [0.2, 0.25) is 0 Å². The molecule has 2 aliphatic rings. The molecule has 0 amide bonds. The molecule has 0 N–H and O–H groups in total. The van der Waals surface area contributed by atoms with Crippen molar-refractivity contribution in [2.45, 2.75) is 76.4 Å². The van der Waals surface area contributed by atoms with Crippen molar-refractivity contribution in [2.24, 2.45) is 0 Å². The molecule has 0 bridgehead atoms. The van der Waals surface area contributed by atoms with Gasteiger partial charge in [0.2, 0.25) is 0 Å². The Morgan fingerprint density at radius 3 is 1.29 bits per heavy atom. The van der Waals surface area contributed by atoms with Crippen molar-refractivity contribution >= 4 is 12.6 Å². The summed E-state index contributed by atoms with van der Waals surface area (Å²) in [6.45, 7) is 8.41. The van der Waals surface area contributed by atoms with Crippen molar-refractivity contribution < 1.29 is 9.31 Å². The van der Waals surface area contributed by atoms with E-state index >= 15 is 0 Å². The molecule has 0 spiro atoms. The SMILES string of the molecule is CC1(C)OB(c2ccc(C3(c4ccc(-c5nc(-c6ccccc6)nc(-c6ccc(-c7ccccc7)cc6)n5)cc4)CCCCC3)cc2)OC1(C)C. The van der Waals surface area contributed by atoms with Crippen molar-refractivity contribution in [3.8, 4) is 45.3 Å². The minimum atomic E-state index is -0.364. The molecule has 1 aliphatic carbocycles. The van der Waals surface area contributed by atoms with E-state index < -0.39 is 0 Å². The van der Waals surface area contributed by atoms with Crippen LogP contribution in [0.5, 0.6) is 0 Å². The molecule has 0 radical (unpaired) electrons. The van der Waals surface area contributed by atoms with Crippen molar-refractivity contribution in [1.82, 2.24) is 15.0 Å². The van der Waals surface area contributed by atoms with E-state index in [0.29, 0.717) is 17.5 Å². The van der Waals surface area contributed by atoms with Crippen LogP contribution in [0.1, 0.15) is 70.9 Å². The summed E-state index contributed by atoms with van der Waals surface area (Å²) in [6.07, 6.45) is 5.93. The second-order valence-electron chi connectivity index (χ2n) is 15.0.